The molecule has 11 rings (SSSR count). The first-order valence-electron chi connectivity index (χ1n) is 36.2. The van der Waals surface area contributed by atoms with E-state index in [2.05, 4.69) is 222 Å². The summed E-state index contributed by atoms with van der Waals surface area (Å²) in [7, 11) is 0. The summed E-state index contributed by atoms with van der Waals surface area (Å²) >= 11 is 34.4. The minimum Gasteiger partial charge on any atom is -0.265 e. The third-order valence-electron chi connectivity index (χ3n) is 15.4. The largest absolute Gasteiger partial charge is 0.265 e. The van der Waals surface area contributed by atoms with Gasteiger partial charge >= 0.3 is 0 Å². The molecule has 0 unspecified atom stereocenters. The van der Waals surface area contributed by atoms with Crippen LogP contribution in [-0.4, -0.2) is 64.8 Å². The maximum atomic E-state index is 12.5. The van der Waals surface area contributed by atoms with Crippen LogP contribution in [0.1, 0.15) is 284 Å². The van der Waals surface area contributed by atoms with E-state index in [4.69, 9.17) is 69.6 Å². The van der Waals surface area contributed by atoms with Crippen molar-refractivity contribution in [2.24, 2.45) is 0 Å². The van der Waals surface area contributed by atoms with Crippen molar-refractivity contribution in [3.05, 3.63) is 312 Å². The van der Waals surface area contributed by atoms with Gasteiger partial charge < -0.3 is 0 Å². The summed E-state index contributed by atoms with van der Waals surface area (Å²) in [5.74, 6) is 4.71. The topological polar surface area (TPSA) is 168 Å². The Morgan fingerprint density at radius 3 is 1.14 bits per heavy atom. The lowest BCUT2D eigenvalue weighted by Crippen LogP contribution is -1.91. The number of hydrogen-bond donors (Lipinski definition) is 0. The Hall–Kier alpha value is -7.89. The quantitative estimate of drug-likeness (QED) is 0.112. The van der Waals surface area contributed by atoms with Gasteiger partial charge in [-0.1, -0.05) is 252 Å². The van der Waals surface area contributed by atoms with E-state index in [1.54, 1.807) is 74.1 Å². The van der Waals surface area contributed by atoms with Crippen molar-refractivity contribution in [1.29, 1.82) is 0 Å². The van der Waals surface area contributed by atoms with Crippen LogP contribution in [0.15, 0.2) is 203 Å². The van der Waals surface area contributed by atoms with Gasteiger partial charge in [0.05, 0.1) is 11.9 Å². The lowest BCUT2D eigenvalue weighted by atomic mass is 10.0. The Kier molecular flexibility index (Phi) is 50.4. The van der Waals surface area contributed by atoms with Crippen molar-refractivity contribution in [3.63, 3.8) is 0 Å². The highest BCUT2D eigenvalue weighted by atomic mass is 35.5. The standard InChI is InChI=1S/C9H13N.2C8H9Cl2N.2C8H10ClN.2C8H10FN.2C8H11N.2C7H10N2/c1-7(2)9-6-10-5-4-8(9)3;1-5(2)6-4-11-8(10)3-7(6)9;1-5(2)6-3-4-7(9)11-8(6)10;1-6(2)7-3-4-8(9)10-5-7;1-6(2)7-4-3-5-10-8(7)9;1-6(2)7-3-8(9)5-10-4-7;1-6(2)7-3-4-8(9)10-5-7;1-7(2)8-3-5-9-6-4-8;1-7(2)8-4-3-5-9-6-8;1-6(2)7-3-8-5-9-4-7;1-6(2)7-5-8-3-4-9-7/h4-7H,1-3H3;2*3-5H,1-2H3;4*3-6H,1-2H3;2*3-7H,1-2H3;2*3-6H,1-2H3. The smallest absolute Gasteiger partial charge is 0.212 e. The molecule has 21 heteroatoms. The molecular weight excluding hydrogens is 1480 g/mol. The van der Waals surface area contributed by atoms with Crippen LogP contribution in [0.5, 0.6) is 0 Å². The molecule has 0 spiro atoms. The van der Waals surface area contributed by atoms with E-state index in [1.807, 2.05) is 112 Å². The Morgan fingerprint density at radius 1 is 0.278 bits per heavy atom. The first-order valence-corrected chi connectivity index (χ1v) is 38.5. The number of pyridine rings is 9. The van der Waals surface area contributed by atoms with Crippen LogP contribution >= 0.6 is 69.6 Å². The molecular formula is C87H113Cl6F2N13. The summed E-state index contributed by atoms with van der Waals surface area (Å²) in [6, 6.07) is 27.9. The summed E-state index contributed by atoms with van der Waals surface area (Å²) in [4.78, 5) is 50.9. The maximum Gasteiger partial charge on any atom is 0.212 e. The molecule has 0 aliphatic carbocycles. The zero-order valence-electron chi connectivity index (χ0n) is 67.2. The molecule has 0 aliphatic rings. The average Bonchev–Trinajstić information content (AvgIpc) is 0.878. The minimum absolute atomic E-state index is 0.258. The van der Waals surface area contributed by atoms with Crippen molar-refractivity contribution in [2.45, 2.75) is 224 Å². The van der Waals surface area contributed by atoms with Gasteiger partial charge in [0.15, 0.2) is 0 Å². The Morgan fingerprint density at radius 2 is 0.759 bits per heavy atom. The van der Waals surface area contributed by atoms with Gasteiger partial charge in [0.25, 0.3) is 0 Å². The highest BCUT2D eigenvalue weighted by Crippen LogP contribution is 2.27. The average molecular weight is 1590 g/mol. The van der Waals surface area contributed by atoms with Gasteiger partial charge in [-0.25, -0.2) is 39.3 Å². The first kappa shape index (κ1) is 98.1. The number of hydrogen-bond acceptors (Lipinski definition) is 13. The Balaban J connectivity index is 0.000000594. The van der Waals surface area contributed by atoms with Crippen molar-refractivity contribution in [1.82, 2.24) is 64.8 Å². The highest BCUT2D eigenvalue weighted by molar-refractivity contribution is 6.34. The van der Waals surface area contributed by atoms with Crippen LogP contribution in [0.2, 0.25) is 30.8 Å². The fraction of sp³-hybridized carbons (Fsp3) is 0.391. The molecule has 0 N–H and O–H groups in total. The molecule has 0 aliphatic heterocycles. The van der Waals surface area contributed by atoms with Gasteiger partial charge in [-0.2, -0.15) is 4.39 Å². The zero-order chi connectivity index (χ0) is 81.4. The van der Waals surface area contributed by atoms with E-state index in [-0.39, 0.29) is 5.82 Å². The maximum absolute atomic E-state index is 12.5. The SMILES string of the molecule is CC(C)c1ccc(Cl)nc1.CC(C)c1ccc(Cl)nc1Cl.CC(C)c1ccc(F)nc1.CC(C)c1cccnc1.CC(C)c1cccnc1Cl.CC(C)c1ccncc1.CC(C)c1cnc(Cl)cc1Cl.CC(C)c1cncc(F)c1.CC(C)c1cnccn1.CC(C)c1cncnc1.Cc1ccncc1C(C)C. The van der Waals surface area contributed by atoms with E-state index in [9.17, 15) is 8.78 Å². The molecule has 0 bridgehead atoms. The third-order valence-corrected chi connectivity index (χ3v) is 17.0. The Labute approximate surface area is 674 Å². The van der Waals surface area contributed by atoms with Gasteiger partial charge in [0, 0.05) is 104 Å². The number of nitrogens with zero attached hydrogens (tertiary/aromatic N) is 13. The molecule has 0 saturated heterocycles. The van der Waals surface area contributed by atoms with E-state index in [0.29, 0.717) is 95.9 Å². The second-order valence-electron chi connectivity index (χ2n) is 28.0. The van der Waals surface area contributed by atoms with Crippen molar-refractivity contribution in [2.75, 3.05) is 0 Å². The van der Waals surface area contributed by atoms with E-state index in [0.717, 1.165) is 33.5 Å². The number of rotatable bonds is 11. The summed E-state index contributed by atoms with van der Waals surface area (Å²) in [6.45, 7) is 48.5. The fourth-order valence-corrected chi connectivity index (χ4v) is 10.1. The second kappa shape index (κ2) is 55.5. The summed E-state index contributed by atoms with van der Waals surface area (Å²) in [5, 5.41) is 3.27. The van der Waals surface area contributed by atoms with Crippen LogP contribution in [0.25, 0.3) is 0 Å². The van der Waals surface area contributed by atoms with Crippen LogP contribution in [0.4, 0.5) is 8.78 Å². The molecule has 11 aromatic heterocycles. The number of aromatic nitrogens is 13. The van der Waals surface area contributed by atoms with Crippen molar-refractivity contribution < 1.29 is 8.78 Å². The molecule has 13 nitrogen and oxygen atoms in total. The summed E-state index contributed by atoms with van der Waals surface area (Å²) in [5.41, 5.74) is 14.0. The molecule has 0 aromatic carbocycles. The molecule has 108 heavy (non-hydrogen) atoms. The van der Waals surface area contributed by atoms with Gasteiger partial charge in [-0.15, -0.1) is 0 Å². The minimum atomic E-state index is -0.413. The molecule has 11 heterocycles. The number of halogens is 8. The third kappa shape index (κ3) is 43.3. The fourth-order valence-electron chi connectivity index (χ4n) is 8.49. The molecule has 0 saturated carbocycles. The highest BCUT2D eigenvalue weighted by Gasteiger charge is 2.09. The van der Waals surface area contributed by atoms with E-state index in [1.165, 1.54) is 51.7 Å². The molecule has 0 radical (unpaired) electrons. The van der Waals surface area contributed by atoms with Gasteiger partial charge in [0.2, 0.25) is 5.95 Å². The molecule has 11 aromatic rings. The monoisotopic (exact) mass is 1590 g/mol. The van der Waals surface area contributed by atoms with Crippen molar-refractivity contribution in [3.8, 4) is 0 Å². The molecule has 0 fully saturated rings. The summed E-state index contributed by atoms with van der Waals surface area (Å²) in [6.07, 6.45) is 31.3. The predicted octanol–water partition coefficient (Wildman–Crippen LogP) is 27.6. The molecule has 0 atom stereocenters. The van der Waals surface area contributed by atoms with Gasteiger partial charge in [-0.05, 0) is 194 Å². The second-order valence-corrected chi connectivity index (χ2v) is 30.3. The predicted molar refractivity (Wildman–Crippen MR) is 452 cm³/mol. The first-order chi connectivity index (χ1) is 51.0. The summed E-state index contributed by atoms with van der Waals surface area (Å²) < 4.78 is 24.7. The van der Waals surface area contributed by atoms with Crippen LogP contribution in [0, 0.1) is 18.7 Å². The number of aryl methyl sites for hydroxylation is 1. The lowest BCUT2D eigenvalue weighted by Gasteiger charge is -2.06. The van der Waals surface area contributed by atoms with Crippen LogP contribution in [0.3, 0.4) is 0 Å². The molecule has 0 amide bonds. The van der Waals surface area contributed by atoms with Gasteiger partial charge in [0.1, 0.15) is 37.9 Å². The lowest BCUT2D eigenvalue weighted by molar-refractivity contribution is 0.581. The molecule has 582 valence electrons. The normalized spacial score (nSPS) is 10.4. The van der Waals surface area contributed by atoms with Crippen LogP contribution < -0.4 is 0 Å². The van der Waals surface area contributed by atoms with E-state index >= 15 is 0 Å². The zero-order valence-corrected chi connectivity index (χ0v) is 71.8. The van der Waals surface area contributed by atoms with Crippen LogP contribution in [-0.2, 0) is 0 Å². The van der Waals surface area contributed by atoms with Crippen molar-refractivity contribution >= 4 is 69.6 Å². The van der Waals surface area contributed by atoms with E-state index < -0.39 is 5.95 Å². The van der Waals surface area contributed by atoms with Gasteiger partial charge in [-0.3, -0.25) is 29.9 Å². The Bertz CT molecular complexity index is 3780.